The van der Waals surface area contributed by atoms with Crippen molar-refractivity contribution in [3.8, 4) is 0 Å². The minimum absolute atomic E-state index is 0. The van der Waals surface area contributed by atoms with Crippen LogP contribution in [0, 0.1) is 6.07 Å². The molecule has 0 aliphatic heterocycles. The molecular weight excluding hydrogens is 205 g/mol. The Hall–Kier alpha value is -1.49. The molecule has 0 aliphatic rings. The van der Waals surface area contributed by atoms with Crippen LogP contribution in [0.5, 0.6) is 0 Å². The predicted octanol–water partition coefficient (Wildman–Crippen LogP) is 0.215. The second kappa shape index (κ2) is 6.96. The summed E-state index contributed by atoms with van der Waals surface area (Å²) >= 11 is 0. The van der Waals surface area contributed by atoms with Crippen LogP contribution in [0.15, 0.2) is 59.6 Å². The molecule has 0 atom stereocenters. The molecule has 0 saturated carbocycles. The average molecular weight is 217 g/mol. The number of hydrogen-bond acceptors (Lipinski definition) is 2. The molecule has 0 bridgehead atoms. The number of rotatable bonds is 2. The number of para-hydroxylation sites is 1. The fourth-order valence-corrected chi connectivity index (χ4v) is 1.37. The maximum atomic E-state index is 5.27. The van der Waals surface area contributed by atoms with Crippen LogP contribution in [0.4, 0.5) is 5.69 Å². The van der Waals surface area contributed by atoms with Crippen LogP contribution in [0.25, 0.3) is 0 Å². The van der Waals surface area contributed by atoms with Gasteiger partial charge in [0.2, 0.25) is 0 Å². The predicted molar refractivity (Wildman–Crippen MR) is 64.9 cm³/mol. The Balaban J connectivity index is 0.00000144. The summed E-state index contributed by atoms with van der Waals surface area (Å²) in [5.74, 6) is 0.600. The fraction of sp³-hybridized carbons (Fsp3) is 0.0714. The van der Waals surface area contributed by atoms with E-state index in [1.54, 1.807) is 7.11 Å². The minimum atomic E-state index is 0. The second-order valence-electron chi connectivity index (χ2n) is 3.25. The Kier molecular flexibility index (Phi) is 5.55. The van der Waals surface area contributed by atoms with Crippen LogP contribution in [0.2, 0.25) is 0 Å². The number of nitrogens with zero attached hydrogens (tertiary/aromatic N) is 1. The van der Waals surface area contributed by atoms with Gasteiger partial charge >= 0.3 is 18.9 Å². The first kappa shape index (κ1) is 13.6. The first-order valence-electron chi connectivity index (χ1n) is 5.04. The number of methoxy groups -OCH3 is 1. The Bertz CT molecular complexity index is 468. The quantitative estimate of drug-likeness (QED) is 0.305. The van der Waals surface area contributed by atoms with Crippen LogP contribution in [0.3, 0.4) is 0 Å². The van der Waals surface area contributed by atoms with Crippen LogP contribution in [-0.2, 0) is 4.74 Å². The summed E-state index contributed by atoms with van der Waals surface area (Å²) in [7, 11) is 1.62. The molecule has 2 aromatic rings. The number of hydrogen-bond donors (Lipinski definition) is 0. The van der Waals surface area contributed by atoms with Gasteiger partial charge in [0.05, 0.1) is 12.8 Å². The van der Waals surface area contributed by atoms with E-state index in [1.165, 1.54) is 0 Å². The summed E-state index contributed by atoms with van der Waals surface area (Å²) < 4.78 is 5.27. The van der Waals surface area contributed by atoms with Gasteiger partial charge in [-0.15, -0.1) is 0 Å². The zero-order chi connectivity index (χ0) is 11.2. The number of ether oxygens (including phenoxy) is 1. The molecule has 0 N–H and O–H groups in total. The van der Waals surface area contributed by atoms with E-state index in [9.17, 15) is 0 Å². The number of benzene rings is 2. The van der Waals surface area contributed by atoms with Gasteiger partial charge in [-0.1, -0.05) is 23.8 Å². The maximum absolute atomic E-state index is 5.27. The van der Waals surface area contributed by atoms with Crippen molar-refractivity contribution >= 4 is 11.6 Å². The Morgan fingerprint density at radius 2 is 1.88 bits per heavy atom. The molecule has 2 rings (SSSR count). The second-order valence-corrected chi connectivity index (χ2v) is 3.25. The summed E-state index contributed by atoms with van der Waals surface area (Å²) in [4.78, 5) is 4.42. The van der Waals surface area contributed by atoms with Crippen molar-refractivity contribution in [3.05, 3.63) is 66.2 Å². The normalized spacial score (nSPS) is 10.5. The summed E-state index contributed by atoms with van der Waals surface area (Å²) in [6.45, 7) is 0. The van der Waals surface area contributed by atoms with Crippen LogP contribution in [0.1, 0.15) is 5.56 Å². The van der Waals surface area contributed by atoms with Gasteiger partial charge in [-0.25, -0.2) is 4.99 Å². The van der Waals surface area contributed by atoms with Gasteiger partial charge in [-0.2, -0.15) is 30.3 Å². The molecule has 0 spiro atoms. The summed E-state index contributed by atoms with van der Waals surface area (Å²) in [6, 6.07) is 20.3. The molecule has 0 fully saturated rings. The molecule has 0 saturated heterocycles. The first-order valence-corrected chi connectivity index (χ1v) is 5.04. The van der Waals surface area contributed by atoms with Gasteiger partial charge in [0.1, 0.15) is 0 Å². The van der Waals surface area contributed by atoms with E-state index in [0.29, 0.717) is 5.90 Å². The van der Waals surface area contributed by atoms with E-state index in [1.807, 2.05) is 54.6 Å². The Morgan fingerprint density at radius 3 is 2.47 bits per heavy atom. The van der Waals surface area contributed by atoms with Gasteiger partial charge in [-0.3, -0.25) is 0 Å². The first-order chi connectivity index (χ1) is 7.90. The van der Waals surface area contributed by atoms with E-state index >= 15 is 0 Å². The third-order valence-electron chi connectivity index (χ3n) is 2.13. The zero-order valence-electron chi connectivity index (χ0n) is 10.1. The van der Waals surface area contributed by atoms with Gasteiger partial charge in [0.15, 0.2) is 5.90 Å². The molecule has 3 heteroatoms. The molecule has 0 radical (unpaired) electrons. The average Bonchev–Trinajstić information content (AvgIpc) is 2.38. The van der Waals surface area contributed by atoms with Crippen molar-refractivity contribution in [3.63, 3.8) is 0 Å². The smallest absolute Gasteiger partial charge is 0.490 e. The van der Waals surface area contributed by atoms with E-state index in [-0.39, 0.29) is 18.9 Å². The number of aliphatic imine (C=N–C) groups is 1. The van der Waals surface area contributed by atoms with Gasteiger partial charge in [-0.05, 0) is 12.1 Å². The SMILES string of the molecule is COC(=Nc1ccccc1)c1c[c-]ccc1.[Li+]. The molecule has 17 heavy (non-hydrogen) atoms. The van der Waals surface area contributed by atoms with Gasteiger partial charge in [0.25, 0.3) is 0 Å². The molecule has 2 nitrogen and oxygen atoms in total. The molecule has 0 aromatic heterocycles. The fourth-order valence-electron chi connectivity index (χ4n) is 1.37. The summed E-state index contributed by atoms with van der Waals surface area (Å²) in [5.41, 5.74) is 1.80. The van der Waals surface area contributed by atoms with Crippen molar-refractivity contribution in [2.45, 2.75) is 0 Å². The van der Waals surface area contributed by atoms with Gasteiger partial charge in [0, 0.05) is 0 Å². The van der Waals surface area contributed by atoms with Crippen molar-refractivity contribution in [1.82, 2.24) is 0 Å². The van der Waals surface area contributed by atoms with Crippen molar-refractivity contribution in [1.29, 1.82) is 0 Å². The third-order valence-corrected chi connectivity index (χ3v) is 2.13. The standard InChI is InChI=1S/C14H12NO.Li/c1-16-14(12-8-4-2-5-9-12)15-13-10-6-3-7-11-13;/h2-4,6-11H,1H3;/q-1;+1. The Labute approximate surface area is 114 Å². The molecule has 0 heterocycles. The molecule has 80 valence electrons. The molecular formula is C14H12LiNO. The largest absolute Gasteiger partial charge is 1.00 e. The van der Waals surface area contributed by atoms with E-state index in [0.717, 1.165) is 11.3 Å². The zero-order valence-corrected chi connectivity index (χ0v) is 10.1. The van der Waals surface area contributed by atoms with Crippen molar-refractivity contribution in [2.75, 3.05) is 7.11 Å². The monoisotopic (exact) mass is 217 g/mol. The van der Waals surface area contributed by atoms with E-state index in [4.69, 9.17) is 4.74 Å². The topological polar surface area (TPSA) is 21.6 Å². The third kappa shape index (κ3) is 3.78. The van der Waals surface area contributed by atoms with Crippen LogP contribution in [-0.4, -0.2) is 13.0 Å². The van der Waals surface area contributed by atoms with E-state index < -0.39 is 0 Å². The molecule has 0 unspecified atom stereocenters. The minimum Gasteiger partial charge on any atom is -0.490 e. The van der Waals surface area contributed by atoms with Crippen molar-refractivity contribution < 1.29 is 23.6 Å². The van der Waals surface area contributed by atoms with E-state index in [2.05, 4.69) is 11.1 Å². The molecule has 0 amide bonds. The maximum Gasteiger partial charge on any atom is 1.00 e. The summed E-state index contributed by atoms with van der Waals surface area (Å²) in [6.07, 6.45) is 0. The van der Waals surface area contributed by atoms with Gasteiger partial charge < -0.3 is 4.74 Å². The van der Waals surface area contributed by atoms with Crippen LogP contribution < -0.4 is 18.9 Å². The van der Waals surface area contributed by atoms with Crippen LogP contribution >= 0.6 is 0 Å². The molecule has 2 aromatic carbocycles. The molecule has 0 aliphatic carbocycles. The summed E-state index contributed by atoms with van der Waals surface area (Å²) in [5, 5.41) is 0. The Morgan fingerprint density at radius 1 is 1.12 bits per heavy atom. The van der Waals surface area contributed by atoms with Crippen molar-refractivity contribution in [2.24, 2.45) is 4.99 Å².